The van der Waals surface area contributed by atoms with Crippen LogP contribution in [0.2, 0.25) is 0 Å². The fraction of sp³-hybridized carbons (Fsp3) is 0.786. The molecule has 1 unspecified atom stereocenters. The van der Waals surface area contributed by atoms with Gasteiger partial charge in [0.25, 0.3) is 0 Å². The van der Waals surface area contributed by atoms with Crippen molar-refractivity contribution in [1.82, 2.24) is 5.32 Å². The molecule has 19 heavy (non-hydrogen) atoms. The van der Waals surface area contributed by atoms with Gasteiger partial charge in [0.15, 0.2) is 0 Å². The van der Waals surface area contributed by atoms with Crippen LogP contribution in [0.4, 0.5) is 0 Å². The van der Waals surface area contributed by atoms with E-state index in [0.717, 1.165) is 12.8 Å². The molecule has 0 aliphatic heterocycles. The molecule has 0 radical (unpaired) electrons. The van der Waals surface area contributed by atoms with Crippen LogP contribution in [0.1, 0.15) is 52.9 Å². The fourth-order valence-electron chi connectivity index (χ4n) is 1.76. The molecule has 0 rings (SSSR count). The molecule has 110 valence electrons. The SMILES string of the molecule is CC(=O)C(CCCCNC(=O)CCC(C)C)C(N)=O. The first-order valence-corrected chi connectivity index (χ1v) is 6.91. The van der Waals surface area contributed by atoms with Crippen LogP contribution in [-0.4, -0.2) is 24.1 Å². The molecular formula is C14H26N2O3. The van der Waals surface area contributed by atoms with E-state index in [4.69, 9.17) is 5.73 Å². The van der Waals surface area contributed by atoms with Crippen molar-refractivity contribution in [2.45, 2.75) is 52.9 Å². The molecule has 0 saturated heterocycles. The Hall–Kier alpha value is -1.39. The van der Waals surface area contributed by atoms with Crippen LogP contribution in [-0.2, 0) is 14.4 Å². The van der Waals surface area contributed by atoms with E-state index in [9.17, 15) is 14.4 Å². The average molecular weight is 270 g/mol. The molecule has 1 atom stereocenters. The van der Waals surface area contributed by atoms with Gasteiger partial charge in [-0.1, -0.05) is 20.3 Å². The predicted octanol–water partition coefficient (Wildman–Crippen LogP) is 1.40. The summed E-state index contributed by atoms with van der Waals surface area (Å²) in [4.78, 5) is 33.6. The van der Waals surface area contributed by atoms with Crippen LogP contribution in [0.5, 0.6) is 0 Å². The topological polar surface area (TPSA) is 89.3 Å². The molecule has 0 heterocycles. The van der Waals surface area contributed by atoms with Crippen molar-refractivity contribution in [3.8, 4) is 0 Å². The molecule has 0 saturated carbocycles. The van der Waals surface area contributed by atoms with E-state index in [-0.39, 0.29) is 11.7 Å². The lowest BCUT2D eigenvalue weighted by Crippen LogP contribution is -2.29. The van der Waals surface area contributed by atoms with E-state index in [1.54, 1.807) is 0 Å². The fourth-order valence-corrected chi connectivity index (χ4v) is 1.76. The molecule has 5 nitrogen and oxygen atoms in total. The molecule has 0 fully saturated rings. The summed E-state index contributed by atoms with van der Waals surface area (Å²) in [7, 11) is 0. The Morgan fingerprint density at radius 3 is 2.21 bits per heavy atom. The van der Waals surface area contributed by atoms with E-state index < -0.39 is 11.8 Å². The van der Waals surface area contributed by atoms with Crippen LogP contribution in [0.25, 0.3) is 0 Å². The van der Waals surface area contributed by atoms with Crippen LogP contribution in [0.15, 0.2) is 0 Å². The second kappa shape index (κ2) is 9.53. The van der Waals surface area contributed by atoms with Gasteiger partial charge >= 0.3 is 0 Å². The van der Waals surface area contributed by atoms with Crippen molar-refractivity contribution in [3.63, 3.8) is 0 Å². The van der Waals surface area contributed by atoms with Crippen molar-refractivity contribution in [2.75, 3.05) is 6.54 Å². The van der Waals surface area contributed by atoms with Crippen molar-refractivity contribution in [3.05, 3.63) is 0 Å². The smallest absolute Gasteiger partial charge is 0.227 e. The molecular weight excluding hydrogens is 244 g/mol. The van der Waals surface area contributed by atoms with Gasteiger partial charge in [-0.05, 0) is 32.1 Å². The van der Waals surface area contributed by atoms with E-state index in [2.05, 4.69) is 19.2 Å². The summed E-state index contributed by atoms with van der Waals surface area (Å²) in [5, 5.41) is 2.83. The minimum absolute atomic E-state index is 0.0618. The van der Waals surface area contributed by atoms with Gasteiger partial charge in [0.2, 0.25) is 11.8 Å². The number of nitrogens with one attached hydrogen (secondary N) is 1. The highest BCUT2D eigenvalue weighted by Crippen LogP contribution is 2.09. The van der Waals surface area contributed by atoms with Crippen molar-refractivity contribution in [2.24, 2.45) is 17.6 Å². The predicted molar refractivity (Wildman–Crippen MR) is 74.3 cm³/mol. The second-order valence-corrected chi connectivity index (χ2v) is 5.34. The minimum Gasteiger partial charge on any atom is -0.369 e. The van der Waals surface area contributed by atoms with Gasteiger partial charge in [-0.15, -0.1) is 0 Å². The van der Waals surface area contributed by atoms with Gasteiger partial charge in [-0.2, -0.15) is 0 Å². The number of rotatable bonds is 10. The van der Waals surface area contributed by atoms with E-state index >= 15 is 0 Å². The number of primary amides is 1. The Kier molecular flexibility index (Phi) is 8.83. The van der Waals surface area contributed by atoms with Crippen molar-refractivity contribution < 1.29 is 14.4 Å². The number of hydrogen-bond donors (Lipinski definition) is 2. The number of ketones is 1. The monoisotopic (exact) mass is 270 g/mol. The molecule has 0 aliphatic rings. The molecule has 0 spiro atoms. The number of carbonyl (C=O) groups is 3. The van der Waals surface area contributed by atoms with E-state index in [1.165, 1.54) is 6.92 Å². The molecule has 3 N–H and O–H groups in total. The second-order valence-electron chi connectivity index (χ2n) is 5.34. The maximum absolute atomic E-state index is 11.4. The first kappa shape index (κ1) is 17.6. The zero-order valence-corrected chi connectivity index (χ0v) is 12.2. The Labute approximate surface area is 115 Å². The van der Waals surface area contributed by atoms with E-state index in [0.29, 0.717) is 31.7 Å². The number of nitrogens with two attached hydrogens (primary N) is 1. The van der Waals surface area contributed by atoms with E-state index in [1.807, 2.05) is 0 Å². The summed E-state index contributed by atoms with van der Waals surface area (Å²) in [6.07, 6.45) is 3.36. The van der Waals surface area contributed by atoms with Crippen LogP contribution >= 0.6 is 0 Å². The highest BCUT2D eigenvalue weighted by atomic mass is 16.2. The quantitative estimate of drug-likeness (QED) is 0.464. The minimum atomic E-state index is -0.684. The highest BCUT2D eigenvalue weighted by Gasteiger charge is 2.19. The first-order chi connectivity index (χ1) is 8.84. The van der Waals surface area contributed by atoms with Crippen LogP contribution < -0.4 is 11.1 Å². The average Bonchev–Trinajstić information content (AvgIpc) is 2.29. The number of hydrogen-bond acceptors (Lipinski definition) is 3. The molecule has 0 bridgehead atoms. The number of unbranched alkanes of at least 4 members (excludes halogenated alkanes) is 1. The first-order valence-electron chi connectivity index (χ1n) is 6.91. The molecule has 0 aromatic carbocycles. The number of carbonyl (C=O) groups excluding carboxylic acids is 3. The molecule has 5 heteroatoms. The lowest BCUT2D eigenvalue weighted by atomic mass is 9.97. The van der Waals surface area contributed by atoms with Gasteiger partial charge in [0, 0.05) is 13.0 Å². The summed E-state index contributed by atoms with van der Waals surface area (Å²) in [6, 6.07) is 0. The Morgan fingerprint density at radius 1 is 1.11 bits per heavy atom. The van der Waals surface area contributed by atoms with Crippen LogP contribution in [0.3, 0.4) is 0 Å². The lowest BCUT2D eigenvalue weighted by molar-refractivity contribution is -0.131. The lowest BCUT2D eigenvalue weighted by Gasteiger charge is -2.10. The summed E-state index contributed by atoms with van der Waals surface area (Å²) >= 11 is 0. The summed E-state index contributed by atoms with van der Waals surface area (Å²) < 4.78 is 0. The molecule has 0 aromatic rings. The van der Waals surface area contributed by atoms with Crippen molar-refractivity contribution in [1.29, 1.82) is 0 Å². The zero-order chi connectivity index (χ0) is 14.8. The van der Waals surface area contributed by atoms with Gasteiger partial charge in [-0.25, -0.2) is 0 Å². The van der Waals surface area contributed by atoms with Crippen molar-refractivity contribution >= 4 is 17.6 Å². The Balaban J connectivity index is 3.66. The maximum atomic E-state index is 11.4. The summed E-state index contributed by atoms with van der Waals surface area (Å²) in [5.41, 5.74) is 5.14. The summed E-state index contributed by atoms with van der Waals surface area (Å²) in [6.45, 7) is 6.13. The number of Topliss-reactive ketones (excluding diaryl/α,β-unsaturated/α-hetero) is 1. The third-order valence-corrected chi connectivity index (χ3v) is 3.02. The normalized spacial score (nSPS) is 12.2. The summed E-state index contributed by atoms with van der Waals surface area (Å²) in [5.74, 6) is -0.844. The van der Waals surface area contributed by atoms with Gasteiger partial charge in [0.05, 0.1) is 5.92 Å². The molecule has 2 amide bonds. The number of amides is 2. The maximum Gasteiger partial charge on any atom is 0.227 e. The zero-order valence-electron chi connectivity index (χ0n) is 12.2. The van der Waals surface area contributed by atoms with Gasteiger partial charge in [-0.3, -0.25) is 14.4 Å². The standard InChI is InChI=1S/C14H26N2O3/c1-10(2)7-8-13(18)16-9-5-4-6-12(11(3)17)14(15)19/h10,12H,4-9H2,1-3H3,(H2,15,19)(H,16,18). The third kappa shape index (κ3) is 9.22. The molecule has 0 aliphatic carbocycles. The third-order valence-electron chi connectivity index (χ3n) is 3.02. The van der Waals surface area contributed by atoms with Gasteiger partial charge < -0.3 is 11.1 Å². The highest BCUT2D eigenvalue weighted by molar-refractivity contribution is 5.99. The Bertz CT molecular complexity index is 300. The Morgan fingerprint density at radius 2 is 1.74 bits per heavy atom. The van der Waals surface area contributed by atoms with Gasteiger partial charge in [0.1, 0.15) is 5.78 Å². The largest absolute Gasteiger partial charge is 0.369 e. The molecule has 0 aromatic heterocycles. The van der Waals surface area contributed by atoms with Crippen LogP contribution in [0, 0.1) is 11.8 Å².